The zero-order valence-corrected chi connectivity index (χ0v) is 28.0. The summed E-state index contributed by atoms with van der Waals surface area (Å²) in [5.74, 6) is -1.01. The number of hydrogen-bond acceptors (Lipinski definition) is 11. The molecule has 0 radical (unpaired) electrons. The molecule has 5 rings (SSSR count). The van der Waals surface area contributed by atoms with Gasteiger partial charge in [-0.25, -0.2) is 4.18 Å². The molecule has 0 amide bonds. The first-order valence-corrected chi connectivity index (χ1v) is 18.3. The zero-order chi connectivity index (χ0) is 33.2. The van der Waals surface area contributed by atoms with Gasteiger partial charge in [0.2, 0.25) is 0 Å². The van der Waals surface area contributed by atoms with Crippen LogP contribution in [0.25, 0.3) is 0 Å². The number of aliphatic hydroxyl groups is 6. The van der Waals surface area contributed by atoms with E-state index in [4.69, 9.17) is 13.7 Å². The average Bonchev–Trinajstić information content (AvgIpc) is 3.24. The molecule has 12 nitrogen and oxygen atoms in total. The van der Waals surface area contributed by atoms with Gasteiger partial charge in [-0.05, 0) is 104 Å². The fourth-order valence-corrected chi connectivity index (χ4v) is 11.2. The summed E-state index contributed by atoms with van der Waals surface area (Å²) < 4.78 is 51.1. The fourth-order valence-electron chi connectivity index (χ4n) is 10.7. The Morgan fingerprint density at radius 2 is 1.51 bits per heavy atom. The van der Waals surface area contributed by atoms with Gasteiger partial charge in [0.1, 0.15) is 18.3 Å². The van der Waals surface area contributed by atoms with Crippen LogP contribution < -0.4 is 0 Å². The summed E-state index contributed by atoms with van der Waals surface area (Å²) in [5, 5.41) is 63.9. The number of ether oxygens (including phenoxy) is 2. The Morgan fingerprint density at radius 1 is 0.844 bits per heavy atom. The molecule has 0 spiro atoms. The van der Waals surface area contributed by atoms with E-state index in [2.05, 4.69) is 20.8 Å². The molecular weight excluding hydrogens is 608 g/mol. The van der Waals surface area contributed by atoms with Crippen molar-refractivity contribution in [1.29, 1.82) is 0 Å². The Balaban J connectivity index is 1.37. The number of hydrogen-bond donors (Lipinski definition) is 7. The van der Waals surface area contributed by atoms with E-state index in [1.807, 2.05) is 13.8 Å². The molecule has 13 heteroatoms. The maximum Gasteiger partial charge on any atom is 0.397 e. The molecule has 4 saturated carbocycles. The second-order valence-electron chi connectivity index (χ2n) is 15.9. The van der Waals surface area contributed by atoms with Crippen LogP contribution in [0.1, 0.15) is 86.0 Å². The van der Waals surface area contributed by atoms with Crippen LogP contribution in [0.4, 0.5) is 0 Å². The average molecular weight is 665 g/mol. The Bertz CT molecular complexity index is 1140. The summed E-state index contributed by atoms with van der Waals surface area (Å²) in [4.78, 5) is 0. The van der Waals surface area contributed by atoms with Gasteiger partial charge in [-0.3, -0.25) is 4.55 Å². The van der Waals surface area contributed by atoms with Crippen LogP contribution in [-0.4, -0.2) is 105 Å². The van der Waals surface area contributed by atoms with Crippen LogP contribution >= 0.6 is 0 Å². The number of fused-ring (bicyclic) bond motifs is 5. The molecule has 262 valence electrons. The third kappa shape index (κ3) is 6.62. The lowest BCUT2D eigenvalue weighted by Gasteiger charge is -2.64. The molecule has 0 aromatic heterocycles. The highest BCUT2D eigenvalue weighted by molar-refractivity contribution is 7.80. The monoisotopic (exact) mass is 664 g/mol. The highest BCUT2D eigenvalue weighted by Gasteiger charge is 2.68. The van der Waals surface area contributed by atoms with E-state index in [1.54, 1.807) is 0 Å². The quantitative estimate of drug-likeness (QED) is 0.176. The van der Waals surface area contributed by atoms with E-state index in [9.17, 15) is 43.6 Å². The summed E-state index contributed by atoms with van der Waals surface area (Å²) in [6, 6.07) is 0. The summed E-state index contributed by atoms with van der Waals surface area (Å²) >= 11 is 0. The van der Waals surface area contributed by atoms with Gasteiger partial charge in [-0.1, -0.05) is 34.6 Å². The maximum absolute atomic E-state index is 12.1. The van der Waals surface area contributed by atoms with Crippen molar-refractivity contribution in [1.82, 2.24) is 0 Å². The lowest BCUT2D eigenvalue weighted by Crippen LogP contribution is -2.65. The van der Waals surface area contributed by atoms with Gasteiger partial charge >= 0.3 is 10.4 Å². The van der Waals surface area contributed by atoms with Crippen molar-refractivity contribution in [3.63, 3.8) is 0 Å². The Labute approximate surface area is 267 Å². The van der Waals surface area contributed by atoms with Crippen molar-refractivity contribution >= 4 is 10.4 Å². The fraction of sp³-hybridized carbons (Fsp3) is 1.00. The van der Waals surface area contributed by atoms with E-state index < -0.39 is 76.7 Å². The van der Waals surface area contributed by atoms with Crippen molar-refractivity contribution in [2.24, 2.45) is 52.3 Å². The minimum Gasteiger partial charge on any atom is -0.393 e. The van der Waals surface area contributed by atoms with Crippen LogP contribution in [-0.2, 0) is 24.1 Å². The first-order valence-electron chi connectivity index (χ1n) is 16.9. The van der Waals surface area contributed by atoms with Crippen LogP contribution in [0.15, 0.2) is 0 Å². The van der Waals surface area contributed by atoms with E-state index >= 15 is 0 Å². The zero-order valence-electron chi connectivity index (χ0n) is 27.2. The van der Waals surface area contributed by atoms with Crippen molar-refractivity contribution in [3.8, 4) is 0 Å². The van der Waals surface area contributed by atoms with Crippen LogP contribution in [0.5, 0.6) is 0 Å². The van der Waals surface area contributed by atoms with Gasteiger partial charge in [0.15, 0.2) is 6.29 Å². The largest absolute Gasteiger partial charge is 0.397 e. The molecule has 1 heterocycles. The predicted molar refractivity (Wildman–Crippen MR) is 162 cm³/mol. The summed E-state index contributed by atoms with van der Waals surface area (Å²) in [7, 11) is -4.79. The summed E-state index contributed by atoms with van der Waals surface area (Å²) in [6.07, 6.45) is -3.91. The third-order valence-corrected chi connectivity index (χ3v) is 13.6. The Morgan fingerprint density at radius 3 is 2.16 bits per heavy atom. The Kier molecular flexibility index (Phi) is 10.4. The van der Waals surface area contributed by atoms with E-state index in [0.29, 0.717) is 38.5 Å². The standard InChI is InChI=1S/C32H56O12S/c1-15(2)22(43-30-29(38)27(36)21(34)14-42-30)7-6-16(3)19-13-23(44-45(39,40)41)25-24-18(9-11-32(19,25)5)31(4)10-8-17(33)12-20(31)26(35)28(24)37/h15-30,33-38H,6-14H2,1-5H3,(H,39,40,41)/t16-,17+,18+,19-,20?,21?,22+,23+,24-,25+,26-,27?,28+,29?,30?,31-,32-/m1/s1. The lowest BCUT2D eigenvalue weighted by atomic mass is 9.43. The van der Waals surface area contributed by atoms with Crippen molar-refractivity contribution in [2.75, 3.05) is 6.61 Å². The molecule has 0 bridgehead atoms. The second kappa shape index (κ2) is 13.1. The molecule has 5 aliphatic rings. The third-order valence-electron chi connectivity index (χ3n) is 13.1. The highest BCUT2D eigenvalue weighted by atomic mass is 32.3. The molecule has 5 fully saturated rings. The van der Waals surface area contributed by atoms with Gasteiger partial charge in [0.05, 0.1) is 37.1 Å². The van der Waals surface area contributed by atoms with Crippen LogP contribution in [0.3, 0.4) is 0 Å². The van der Waals surface area contributed by atoms with Gasteiger partial charge in [-0.15, -0.1) is 0 Å². The van der Waals surface area contributed by atoms with Gasteiger partial charge in [0, 0.05) is 0 Å². The molecule has 7 N–H and O–H groups in total. The van der Waals surface area contributed by atoms with E-state index in [1.165, 1.54) is 0 Å². The lowest BCUT2D eigenvalue weighted by molar-refractivity contribution is -0.286. The number of rotatable bonds is 9. The van der Waals surface area contributed by atoms with E-state index in [0.717, 1.165) is 12.8 Å². The smallest absolute Gasteiger partial charge is 0.393 e. The minimum atomic E-state index is -4.79. The molecule has 17 atom stereocenters. The highest BCUT2D eigenvalue weighted by Crippen LogP contribution is 2.69. The topological polar surface area (TPSA) is 203 Å². The van der Waals surface area contributed by atoms with Crippen molar-refractivity contribution in [3.05, 3.63) is 0 Å². The van der Waals surface area contributed by atoms with Crippen molar-refractivity contribution in [2.45, 2.75) is 141 Å². The first-order chi connectivity index (χ1) is 20.9. The summed E-state index contributed by atoms with van der Waals surface area (Å²) in [6.45, 7) is 10.2. The van der Waals surface area contributed by atoms with Gasteiger partial charge < -0.3 is 40.1 Å². The summed E-state index contributed by atoms with van der Waals surface area (Å²) in [5.41, 5.74) is -0.765. The normalized spacial score (nSPS) is 50.0. The van der Waals surface area contributed by atoms with E-state index in [-0.39, 0.29) is 47.7 Å². The molecule has 5 unspecified atom stereocenters. The molecule has 1 aliphatic heterocycles. The SMILES string of the molecule is CC(C)[C@H](CC[C@@H](C)[C@H]1C[C@H](OS(=O)(=O)O)[C@H]2[C@@H]3[C@H](O)[C@H](O)C4C[C@@H](O)CC[C@]4(C)[C@H]3CC[C@@]21C)OC1OCC(O)C(O)C1O. The van der Waals surface area contributed by atoms with Crippen LogP contribution in [0, 0.1) is 52.3 Å². The second-order valence-corrected chi connectivity index (χ2v) is 17.0. The molecule has 0 aromatic carbocycles. The van der Waals surface area contributed by atoms with Crippen molar-refractivity contribution < 1.29 is 57.3 Å². The minimum absolute atomic E-state index is 0.00235. The molecule has 0 aromatic rings. The number of aliphatic hydroxyl groups excluding tert-OH is 6. The molecule has 4 aliphatic carbocycles. The van der Waals surface area contributed by atoms with Gasteiger partial charge in [0.25, 0.3) is 0 Å². The van der Waals surface area contributed by atoms with Gasteiger partial charge in [-0.2, -0.15) is 8.42 Å². The molecular formula is C32H56O12S. The molecule has 1 saturated heterocycles. The predicted octanol–water partition coefficient (Wildman–Crippen LogP) is 1.64. The van der Waals surface area contributed by atoms with Crippen LogP contribution in [0.2, 0.25) is 0 Å². The first kappa shape index (κ1) is 35.8. The maximum atomic E-state index is 12.1. The Hall–Kier alpha value is -0.450. The molecule has 45 heavy (non-hydrogen) atoms.